The molecule has 2 aromatic heterocycles. The van der Waals surface area contributed by atoms with Crippen molar-refractivity contribution in [2.24, 2.45) is 0 Å². The van der Waals surface area contributed by atoms with Crippen molar-refractivity contribution in [2.75, 3.05) is 27.3 Å². The molecule has 8 heteroatoms. The summed E-state index contributed by atoms with van der Waals surface area (Å²) in [7, 11) is 3.18. The Morgan fingerprint density at radius 2 is 1.93 bits per heavy atom. The number of rotatable bonds is 6. The molecule has 4 rings (SSSR count). The number of furan rings is 1. The first-order valence-electron chi connectivity index (χ1n) is 9.73. The van der Waals surface area contributed by atoms with E-state index in [9.17, 15) is 4.79 Å². The van der Waals surface area contributed by atoms with Crippen LogP contribution in [0.5, 0.6) is 11.5 Å². The number of nitrogens with zero attached hydrogens (tertiary/aromatic N) is 3. The Morgan fingerprint density at radius 3 is 2.63 bits per heavy atom. The predicted octanol–water partition coefficient (Wildman–Crippen LogP) is 3.77. The first kappa shape index (κ1) is 19.8. The van der Waals surface area contributed by atoms with Gasteiger partial charge in [0.25, 0.3) is 5.89 Å². The predicted molar refractivity (Wildman–Crippen MR) is 109 cm³/mol. The fraction of sp³-hybridized carbons (Fsp3) is 0.318. The molecule has 3 heterocycles. The normalized spacial score (nSPS) is 14.9. The van der Waals surface area contributed by atoms with E-state index in [2.05, 4.69) is 10.2 Å². The topological polar surface area (TPSA) is 90.8 Å². The Morgan fingerprint density at radius 1 is 1.13 bits per heavy atom. The third-order valence-electron chi connectivity index (χ3n) is 5.19. The largest absolute Gasteiger partial charge is 0.493 e. The van der Waals surface area contributed by atoms with Gasteiger partial charge in [-0.15, -0.1) is 10.2 Å². The summed E-state index contributed by atoms with van der Waals surface area (Å²) in [6, 6.07) is 7.31. The van der Waals surface area contributed by atoms with Gasteiger partial charge in [0.2, 0.25) is 11.8 Å². The van der Waals surface area contributed by atoms with Crippen molar-refractivity contribution >= 4 is 12.0 Å². The van der Waals surface area contributed by atoms with Crippen LogP contribution in [0.3, 0.4) is 0 Å². The number of hydrogen-bond acceptors (Lipinski definition) is 7. The van der Waals surface area contributed by atoms with Crippen LogP contribution in [0, 0.1) is 0 Å². The van der Waals surface area contributed by atoms with Crippen molar-refractivity contribution in [2.45, 2.75) is 18.8 Å². The lowest BCUT2D eigenvalue weighted by Gasteiger charge is -2.29. The summed E-state index contributed by atoms with van der Waals surface area (Å²) in [5.74, 6) is 2.47. The van der Waals surface area contributed by atoms with Crippen molar-refractivity contribution in [3.05, 3.63) is 54.3 Å². The summed E-state index contributed by atoms with van der Waals surface area (Å²) in [4.78, 5) is 14.4. The lowest BCUT2D eigenvalue weighted by atomic mass is 9.97. The van der Waals surface area contributed by atoms with Gasteiger partial charge in [0.05, 0.1) is 26.0 Å². The molecule has 0 bridgehead atoms. The second kappa shape index (κ2) is 8.86. The molecule has 30 heavy (non-hydrogen) atoms. The lowest BCUT2D eigenvalue weighted by molar-refractivity contribution is -0.127. The molecular formula is C22H23N3O5. The van der Waals surface area contributed by atoms with Crippen LogP contribution in [0.1, 0.15) is 30.2 Å². The van der Waals surface area contributed by atoms with E-state index in [-0.39, 0.29) is 11.8 Å². The van der Waals surface area contributed by atoms with Gasteiger partial charge in [-0.25, -0.2) is 0 Å². The van der Waals surface area contributed by atoms with Gasteiger partial charge >= 0.3 is 0 Å². The van der Waals surface area contributed by atoms with Gasteiger partial charge in [-0.3, -0.25) is 4.79 Å². The highest BCUT2D eigenvalue weighted by atomic mass is 16.5. The number of carbonyl (C=O) groups excluding carboxylic acids is 1. The zero-order valence-electron chi connectivity index (χ0n) is 16.9. The second-order valence-corrected chi connectivity index (χ2v) is 7.00. The number of aromatic nitrogens is 2. The van der Waals surface area contributed by atoms with E-state index >= 15 is 0 Å². The summed E-state index contributed by atoms with van der Waals surface area (Å²) in [6.07, 6.45) is 8.07. The molecule has 0 atom stereocenters. The number of carbonyl (C=O) groups is 1. The molecule has 8 nitrogen and oxygen atoms in total. The standard InChI is InChI=1S/C22H23N3O5/c1-27-18-5-3-15(13-19(18)28-2)4-6-20(26)25-10-7-16(8-11-25)21-23-24-22(30-21)17-9-12-29-14-17/h3-6,9,12-14,16H,7-8,10-11H2,1-2H3. The number of benzene rings is 1. The van der Waals surface area contributed by atoms with Crippen LogP contribution in [0.2, 0.25) is 0 Å². The first-order chi connectivity index (χ1) is 14.7. The monoisotopic (exact) mass is 409 g/mol. The quantitative estimate of drug-likeness (QED) is 0.573. The maximum Gasteiger partial charge on any atom is 0.250 e. The third kappa shape index (κ3) is 4.22. The van der Waals surface area contributed by atoms with Gasteiger partial charge in [0, 0.05) is 25.1 Å². The molecule has 1 aliphatic rings. The van der Waals surface area contributed by atoms with Gasteiger partial charge in [-0.1, -0.05) is 6.07 Å². The fourth-order valence-electron chi connectivity index (χ4n) is 3.48. The SMILES string of the molecule is COc1ccc(C=CC(=O)N2CCC(c3nnc(-c4ccoc4)o3)CC2)cc1OC. The second-order valence-electron chi connectivity index (χ2n) is 7.00. The Hall–Kier alpha value is -3.55. The fourth-order valence-corrected chi connectivity index (χ4v) is 3.48. The van der Waals surface area contributed by atoms with Crippen LogP contribution >= 0.6 is 0 Å². The van der Waals surface area contributed by atoms with Crippen LogP contribution in [0.15, 0.2) is 51.7 Å². The molecule has 0 saturated carbocycles. The van der Waals surface area contributed by atoms with E-state index in [1.165, 1.54) is 0 Å². The maximum atomic E-state index is 12.6. The van der Waals surface area contributed by atoms with Crippen LogP contribution in [0.25, 0.3) is 17.5 Å². The molecule has 1 aliphatic heterocycles. The number of piperidine rings is 1. The molecule has 0 N–H and O–H groups in total. The van der Waals surface area contributed by atoms with Crippen molar-refractivity contribution in [3.8, 4) is 23.0 Å². The van der Waals surface area contributed by atoms with Gasteiger partial charge in [0.15, 0.2) is 11.5 Å². The first-order valence-corrected chi connectivity index (χ1v) is 9.73. The summed E-state index contributed by atoms with van der Waals surface area (Å²) in [5.41, 5.74) is 1.63. The number of likely N-dealkylation sites (tertiary alicyclic amines) is 1. The molecule has 1 amide bonds. The minimum atomic E-state index is -0.0205. The average Bonchev–Trinajstić information content (AvgIpc) is 3.49. The van der Waals surface area contributed by atoms with Crippen molar-refractivity contribution in [1.82, 2.24) is 15.1 Å². The summed E-state index contributed by atoms with van der Waals surface area (Å²) < 4.78 is 21.4. The van der Waals surface area contributed by atoms with Crippen LogP contribution in [-0.2, 0) is 4.79 Å². The molecule has 0 radical (unpaired) electrons. The highest BCUT2D eigenvalue weighted by molar-refractivity contribution is 5.92. The van der Waals surface area contributed by atoms with Gasteiger partial charge < -0.3 is 23.2 Å². The zero-order chi connectivity index (χ0) is 20.9. The van der Waals surface area contributed by atoms with Crippen LogP contribution < -0.4 is 9.47 Å². The van der Waals surface area contributed by atoms with E-state index in [1.807, 2.05) is 23.1 Å². The van der Waals surface area contributed by atoms with E-state index in [4.69, 9.17) is 18.3 Å². The highest BCUT2D eigenvalue weighted by Crippen LogP contribution is 2.30. The minimum absolute atomic E-state index is 0.0205. The number of ether oxygens (including phenoxy) is 2. The van der Waals surface area contributed by atoms with Crippen LogP contribution in [0.4, 0.5) is 0 Å². The van der Waals surface area contributed by atoms with Crippen molar-refractivity contribution < 1.29 is 23.1 Å². The molecule has 156 valence electrons. The van der Waals surface area contributed by atoms with E-state index in [0.717, 1.165) is 24.0 Å². The van der Waals surface area contributed by atoms with E-state index in [1.54, 1.807) is 45.0 Å². The number of amides is 1. The molecule has 1 aromatic carbocycles. The summed E-state index contributed by atoms with van der Waals surface area (Å²) in [6.45, 7) is 1.28. The van der Waals surface area contributed by atoms with Gasteiger partial charge in [-0.05, 0) is 42.7 Å². The molecule has 0 aliphatic carbocycles. The Balaban J connectivity index is 1.34. The van der Waals surface area contributed by atoms with Crippen LogP contribution in [-0.4, -0.2) is 48.3 Å². The zero-order valence-corrected chi connectivity index (χ0v) is 16.9. The van der Waals surface area contributed by atoms with Gasteiger partial charge in [-0.2, -0.15) is 0 Å². The summed E-state index contributed by atoms with van der Waals surface area (Å²) >= 11 is 0. The smallest absolute Gasteiger partial charge is 0.250 e. The highest BCUT2D eigenvalue weighted by Gasteiger charge is 2.27. The minimum Gasteiger partial charge on any atom is -0.493 e. The molecule has 1 saturated heterocycles. The van der Waals surface area contributed by atoms with E-state index in [0.29, 0.717) is 36.4 Å². The van der Waals surface area contributed by atoms with Crippen molar-refractivity contribution in [3.63, 3.8) is 0 Å². The number of methoxy groups -OCH3 is 2. The van der Waals surface area contributed by atoms with Crippen molar-refractivity contribution in [1.29, 1.82) is 0 Å². The molecule has 0 unspecified atom stereocenters. The Labute approximate surface area is 174 Å². The lowest BCUT2D eigenvalue weighted by Crippen LogP contribution is -2.36. The Bertz CT molecular complexity index is 1020. The molecule has 3 aromatic rings. The molecule has 0 spiro atoms. The van der Waals surface area contributed by atoms with E-state index < -0.39 is 0 Å². The summed E-state index contributed by atoms with van der Waals surface area (Å²) in [5, 5.41) is 8.26. The maximum absolute atomic E-state index is 12.6. The van der Waals surface area contributed by atoms with Gasteiger partial charge in [0.1, 0.15) is 6.26 Å². The third-order valence-corrected chi connectivity index (χ3v) is 5.19. The average molecular weight is 409 g/mol. The number of hydrogen-bond donors (Lipinski definition) is 0. The Kier molecular flexibility index (Phi) is 5.83. The molecule has 1 fully saturated rings. The molecular weight excluding hydrogens is 386 g/mol.